The van der Waals surface area contributed by atoms with Crippen LogP contribution in [-0.4, -0.2) is 33.7 Å². The van der Waals surface area contributed by atoms with Crippen molar-refractivity contribution >= 4 is 11.6 Å². The maximum Gasteiger partial charge on any atom is 0.270 e. The molecule has 1 rings (SSSR count). The standard InChI is InChI=1S/C10H11N5O5/c11-10(18)6-1-5(2-7(3-6)15(19)20)9(17)8(16)4-13-14-12/h1-3,8-9,16-17H,4H2,(H2,11,18). The number of carbonyl (C=O) groups excluding carboxylic acids is 1. The van der Waals surface area contributed by atoms with E-state index in [4.69, 9.17) is 11.3 Å². The van der Waals surface area contributed by atoms with Crippen LogP contribution in [0, 0.1) is 10.1 Å². The molecule has 2 unspecified atom stereocenters. The van der Waals surface area contributed by atoms with Crippen molar-refractivity contribution < 1.29 is 19.9 Å². The molecule has 0 bridgehead atoms. The normalized spacial score (nSPS) is 13.1. The highest BCUT2D eigenvalue weighted by Gasteiger charge is 2.22. The third kappa shape index (κ3) is 3.65. The number of amides is 1. The Hall–Kier alpha value is -2.68. The van der Waals surface area contributed by atoms with E-state index in [1.54, 1.807) is 0 Å². The number of carbonyl (C=O) groups is 1. The van der Waals surface area contributed by atoms with Crippen molar-refractivity contribution in [3.8, 4) is 0 Å². The van der Waals surface area contributed by atoms with Gasteiger partial charge in [-0.3, -0.25) is 14.9 Å². The largest absolute Gasteiger partial charge is 0.390 e. The van der Waals surface area contributed by atoms with Crippen molar-refractivity contribution in [3.05, 3.63) is 49.9 Å². The van der Waals surface area contributed by atoms with Gasteiger partial charge in [0.15, 0.2) is 0 Å². The van der Waals surface area contributed by atoms with Crippen LogP contribution in [-0.2, 0) is 0 Å². The first kappa shape index (κ1) is 15.4. The van der Waals surface area contributed by atoms with Crippen molar-refractivity contribution in [2.45, 2.75) is 12.2 Å². The fourth-order valence-corrected chi connectivity index (χ4v) is 1.50. The van der Waals surface area contributed by atoms with Crippen LogP contribution in [0.2, 0.25) is 0 Å². The lowest BCUT2D eigenvalue weighted by atomic mass is 10.0. The Morgan fingerprint density at radius 2 is 2.15 bits per heavy atom. The highest BCUT2D eigenvalue weighted by atomic mass is 16.6. The van der Waals surface area contributed by atoms with Crippen LogP contribution < -0.4 is 5.73 Å². The number of nitro benzene ring substituents is 1. The lowest BCUT2D eigenvalue weighted by molar-refractivity contribution is -0.385. The Balaban J connectivity index is 3.18. The van der Waals surface area contributed by atoms with Crippen LogP contribution in [0.25, 0.3) is 10.4 Å². The molecule has 10 nitrogen and oxygen atoms in total. The van der Waals surface area contributed by atoms with Gasteiger partial charge in [0, 0.05) is 22.6 Å². The molecule has 1 aromatic carbocycles. The van der Waals surface area contributed by atoms with Crippen LogP contribution in [0.15, 0.2) is 23.3 Å². The van der Waals surface area contributed by atoms with Crippen LogP contribution >= 0.6 is 0 Å². The second kappa shape index (κ2) is 6.48. The Labute approximate surface area is 112 Å². The number of hydrogen-bond acceptors (Lipinski definition) is 6. The minimum Gasteiger partial charge on any atom is -0.390 e. The van der Waals surface area contributed by atoms with Gasteiger partial charge in [-0.15, -0.1) is 0 Å². The number of non-ortho nitro benzene ring substituents is 1. The summed E-state index contributed by atoms with van der Waals surface area (Å²) in [6.07, 6.45) is -3.02. The fraction of sp³-hybridized carbons (Fsp3) is 0.300. The molecule has 0 aliphatic carbocycles. The van der Waals surface area contributed by atoms with Crippen molar-refractivity contribution in [3.63, 3.8) is 0 Å². The molecule has 0 saturated carbocycles. The number of primary amides is 1. The Bertz CT molecular complexity index is 551. The number of rotatable bonds is 6. The molecule has 0 radical (unpaired) electrons. The van der Waals surface area contributed by atoms with Gasteiger partial charge in [0.1, 0.15) is 6.10 Å². The van der Waals surface area contributed by atoms with Gasteiger partial charge in [-0.25, -0.2) is 0 Å². The molecule has 0 aliphatic heterocycles. The van der Waals surface area contributed by atoms with Gasteiger partial charge in [-0.05, 0) is 17.2 Å². The van der Waals surface area contributed by atoms with Crippen molar-refractivity contribution in [1.29, 1.82) is 0 Å². The monoisotopic (exact) mass is 281 g/mol. The SMILES string of the molecule is [N-]=[N+]=NCC(O)C(O)c1cc(C(N)=O)cc([N+](=O)[O-])c1. The van der Waals surface area contributed by atoms with E-state index in [9.17, 15) is 25.1 Å². The summed E-state index contributed by atoms with van der Waals surface area (Å²) < 4.78 is 0. The van der Waals surface area contributed by atoms with E-state index in [0.29, 0.717) is 0 Å². The molecule has 0 aromatic heterocycles. The number of hydrogen-bond donors (Lipinski definition) is 3. The first-order chi connectivity index (χ1) is 9.36. The second-order valence-electron chi connectivity index (χ2n) is 3.86. The maximum atomic E-state index is 11.1. The molecule has 0 aliphatic rings. The second-order valence-corrected chi connectivity index (χ2v) is 3.86. The molecule has 20 heavy (non-hydrogen) atoms. The van der Waals surface area contributed by atoms with E-state index in [2.05, 4.69) is 10.0 Å². The number of benzene rings is 1. The zero-order valence-corrected chi connectivity index (χ0v) is 10.1. The van der Waals surface area contributed by atoms with E-state index in [-0.39, 0.29) is 11.1 Å². The fourth-order valence-electron chi connectivity index (χ4n) is 1.50. The summed E-state index contributed by atoms with van der Waals surface area (Å²) in [5, 5.41) is 33.2. The Kier molecular flexibility index (Phi) is 4.98. The van der Waals surface area contributed by atoms with E-state index in [1.165, 1.54) is 0 Å². The predicted octanol–water partition coefficient (Wildman–Crippen LogP) is 0.398. The summed E-state index contributed by atoms with van der Waals surface area (Å²) in [7, 11) is 0. The summed E-state index contributed by atoms with van der Waals surface area (Å²) >= 11 is 0. The van der Waals surface area contributed by atoms with E-state index in [0.717, 1.165) is 18.2 Å². The zero-order valence-electron chi connectivity index (χ0n) is 10.1. The Morgan fingerprint density at radius 1 is 1.50 bits per heavy atom. The number of aliphatic hydroxyl groups excluding tert-OH is 2. The maximum absolute atomic E-state index is 11.1. The van der Waals surface area contributed by atoms with Crippen molar-refractivity contribution in [2.24, 2.45) is 10.8 Å². The molecule has 1 aromatic rings. The van der Waals surface area contributed by atoms with Gasteiger partial charge in [0.05, 0.1) is 17.6 Å². The summed E-state index contributed by atoms with van der Waals surface area (Å²) in [6.45, 7) is -0.424. The van der Waals surface area contributed by atoms with Gasteiger partial charge in [-0.1, -0.05) is 5.11 Å². The number of nitrogens with zero attached hydrogens (tertiary/aromatic N) is 4. The van der Waals surface area contributed by atoms with Crippen molar-refractivity contribution in [2.75, 3.05) is 6.54 Å². The molecular weight excluding hydrogens is 270 g/mol. The van der Waals surface area contributed by atoms with E-state index >= 15 is 0 Å². The molecule has 0 fully saturated rings. The third-order valence-electron chi connectivity index (χ3n) is 2.47. The van der Waals surface area contributed by atoms with Crippen LogP contribution in [0.5, 0.6) is 0 Å². The zero-order chi connectivity index (χ0) is 15.3. The number of nitro groups is 1. The molecule has 0 heterocycles. The van der Waals surface area contributed by atoms with Crippen LogP contribution in [0.3, 0.4) is 0 Å². The number of nitrogens with two attached hydrogens (primary N) is 1. The number of azide groups is 1. The summed E-state index contributed by atoms with van der Waals surface area (Å²) in [6, 6.07) is 3.08. The van der Waals surface area contributed by atoms with Crippen LogP contribution in [0.1, 0.15) is 22.0 Å². The lowest BCUT2D eigenvalue weighted by Gasteiger charge is -2.16. The highest BCUT2D eigenvalue weighted by molar-refractivity contribution is 5.93. The first-order valence-corrected chi connectivity index (χ1v) is 5.33. The topological polar surface area (TPSA) is 175 Å². The summed E-state index contributed by atoms with van der Waals surface area (Å²) in [5.41, 5.74) is 12.4. The van der Waals surface area contributed by atoms with Gasteiger partial charge in [0.25, 0.3) is 5.69 Å². The molecule has 0 saturated heterocycles. The summed E-state index contributed by atoms with van der Waals surface area (Å²) in [5.74, 6) is -0.910. The van der Waals surface area contributed by atoms with Crippen LogP contribution in [0.4, 0.5) is 5.69 Å². The lowest BCUT2D eigenvalue weighted by Crippen LogP contribution is -2.22. The average molecular weight is 281 g/mol. The molecule has 1 amide bonds. The van der Waals surface area contributed by atoms with E-state index in [1.807, 2.05) is 0 Å². The van der Waals surface area contributed by atoms with Gasteiger partial charge >= 0.3 is 0 Å². The van der Waals surface area contributed by atoms with Crippen molar-refractivity contribution in [1.82, 2.24) is 0 Å². The highest BCUT2D eigenvalue weighted by Crippen LogP contribution is 2.24. The van der Waals surface area contributed by atoms with Gasteiger partial charge in [0.2, 0.25) is 5.91 Å². The third-order valence-corrected chi connectivity index (χ3v) is 2.47. The minimum absolute atomic E-state index is 0.0753. The van der Waals surface area contributed by atoms with Gasteiger partial charge < -0.3 is 15.9 Å². The first-order valence-electron chi connectivity index (χ1n) is 5.33. The molecule has 106 valence electrons. The number of aliphatic hydroxyl groups is 2. The average Bonchev–Trinajstić information content (AvgIpc) is 2.43. The molecule has 0 spiro atoms. The molecule has 10 heteroatoms. The Morgan fingerprint density at radius 3 is 2.65 bits per heavy atom. The van der Waals surface area contributed by atoms with Gasteiger partial charge in [-0.2, -0.15) is 0 Å². The quantitative estimate of drug-likeness (QED) is 0.224. The molecule has 4 N–H and O–H groups in total. The smallest absolute Gasteiger partial charge is 0.270 e. The molecular formula is C10H11N5O5. The van der Waals surface area contributed by atoms with E-state index < -0.39 is 35.3 Å². The minimum atomic E-state index is -1.56. The molecule has 2 atom stereocenters. The predicted molar refractivity (Wildman–Crippen MR) is 66.6 cm³/mol. The summed E-state index contributed by atoms with van der Waals surface area (Å²) in [4.78, 5) is 23.5.